The van der Waals surface area contributed by atoms with E-state index in [1.54, 1.807) is 0 Å². The van der Waals surface area contributed by atoms with Crippen LogP contribution >= 0.6 is 11.8 Å². The summed E-state index contributed by atoms with van der Waals surface area (Å²) in [7, 11) is 0. The SMILES string of the molecule is CCC1CN(CC2(SC)CCCC2)C(CC)CN1. The summed E-state index contributed by atoms with van der Waals surface area (Å²) in [5.41, 5.74) is 0. The molecular weight excluding hydrogens is 240 g/mol. The number of rotatable bonds is 5. The Balaban J connectivity index is 1.99. The molecule has 0 spiro atoms. The van der Waals surface area contributed by atoms with Crippen molar-refractivity contribution in [1.82, 2.24) is 10.2 Å². The van der Waals surface area contributed by atoms with E-state index in [0.717, 1.165) is 6.04 Å². The number of hydrogen-bond acceptors (Lipinski definition) is 3. The van der Waals surface area contributed by atoms with Crippen LogP contribution in [0.3, 0.4) is 0 Å². The summed E-state index contributed by atoms with van der Waals surface area (Å²) in [6.07, 6.45) is 10.6. The summed E-state index contributed by atoms with van der Waals surface area (Å²) < 4.78 is 0.572. The first-order chi connectivity index (χ1) is 8.73. The molecule has 0 amide bonds. The van der Waals surface area contributed by atoms with Crippen LogP contribution in [0.15, 0.2) is 0 Å². The van der Waals surface area contributed by atoms with Gasteiger partial charge >= 0.3 is 0 Å². The third kappa shape index (κ3) is 3.23. The molecule has 0 radical (unpaired) electrons. The van der Waals surface area contributed by atoms with E-state index in [4.69, 9.17) is 0 Å². The van der Waals surface area contributed by atoms with Gasteiger partial charge in [0, 0.05) is 36.5 Å². The molecule has 2 aliphatic rings. The van der Waals surface area contributed by atoms with Gasteiger partial charge in [-0.05, 0) is 31.9 Å². The average Bonchev–Trinajstić information content (AvgIpc) is 2.88. The van der Waals surface area contributed by atoms with Crippen LogP contribution in [0.2, 0.25) is 0 Å². The molecule has 106 valence electrons. The Kier molecular flexibility index (Phi) is 5.40. The minimum atomic E-state index is 0.572. The van der Waals surface area contributed by atoms with Crippen molar-refractivity contribution in [3.63, 3.8) is 0 Å². The first-order valence-corrected chi connectivity index (χ1v) is 8.98. The van der Waals surface area contributed by atoms with Crippen molar-refractivity contribution in [2.24, 2.45) is 0 Å². The molecule has 2 rings (SSSR count). The Morgan fingerprint density at radius 3 is 2.50 bits per heavy atom. The maximum atomic E-state index is 3.71. The first-order valence-electron chi connectivity index (χ1n) is 7.75. The van der Waals surface area contributed by atoms with Crippen LogP contribution < -0.4 is 5.32 Å². The van der Waals surface area contributed by atoms with Crippen molar-refractivity contribution in [2.75, 3.05) is 25.9 Å². The molecule has 2 nitrogen and oxygen atoms in total. The molecule has 1 aliphatic carbocycles. The Morgan fingerprint density at radius 1 is 1.22 bits per heavy atom. The maximum Gasteiger partial charge on any atom is 0.0284 e. The highest BCUT2D eigenvalue weighted by molar-refractivity contribution is 8.00. The molecule has 1 aliphatic heterocycles. The zero-order valence-corrected chi connectivity index (χ0v) is 13.2. The molecule has 1 N–H and O–H groups in total. The second-order valence-corrected chi connectivity index (χ2v) is 7.37. The number of piperazine rings is 1. The van der Waals surface area contributed by atoms with E-state index in [-0.39, 0.29) is 0 Å². The Labute approximate surface area is 117 Å². The maximum absolute atomic E-state index is 3.71. The largest absolute Gasteiger partial charge is 0.311 e. The predicted molar refractivity (Wildman–Crippen MR) is 82.4 cm³/mol. The van der Waals surface area contributed by atoms with Gasteiger partial charge in [0.15, 0.2) is 0 Å². The third-order valence-corrected chi connectivity index (χ3v) is 6.42. The summed E-state index contributed by atoms with van der Waals surface area (Å²) in [5.74, 6) is 0. The second kappa shape index (κ2) is 6.62. The molecule has 2 unspecified atom stereocenters. The average molecular weight is 270 g/mol. The highest BCUT2D eigenvalue weighted by Gasteiger charge is 2.37. The number of thioether (sulfide) groups is 1. The lowest BCUT2D eigenvalue weighted by atomic mass is 10.0. The van der Waals surface area contributed by atoms with Crippen LogP contribution in [-0.4, -0.2) is 47.6 Å². The molecular formula is C15H30N2S. The molecule has 18 heavy (non-hydrogen) atoms. The van der Waals surface area contributed by atoms with Crippen molar-refractivity contribution in [3.05, 3.63) is 0 Å². The van der Waals surface area contributed by atoms with Gasteiger partial charge in [-0.2, -0.15) is 11.8 Å². The van der Waals surface area contributed by atoms with Crippen molar-refractivity contribution >= 4 is 11.8 Å². The van der Waals surface area contributed by atoms with E-state index in [0.29, 0.717) is 10.8 Å². The second-order valence-electron chi connectivity index (χ2n) is 6.10. The Hall–Kier alpha value is 0.270. The van der Waals surface area contributed by atoms with Crippen LogP contribution in [0.1, 0.15) is 52.4 Å². The van der Waals surface area contributed by atoms with Crippen molar-refractivity contribution in [1.29, 1.82) is 0 Å². The standard InChI is InChI=1S/C15H30N2S/c1-4-13-11-17(14(5-2)10-16-13)12-15(18-3)8-6-7-9-15/h13-14,16H,4-12H2,1-3H3. The monoisotopic (exact) mass is 270 g/mol. The number of hydrogen-bond donors (Lipinski definition) is 1. The van der Waals surface area contributed by atoms with Crippen LogP contribution in [0, 0.1) is 0 Å². The van der Waals surface area contributed by atoms with Crippen molar-refractivity contribution < 1.29 is 0 Å². The fourth-order valence-corrected chi connectivity index (χ4v) is 4.61. The van der Waals surface area contributed by atoms with Crippen LogP contribution in [-0.2, 0) is 0 Å². The molecule has 1 saturated carbocycles. The first kappa shape index (κ1) is 14.7. The quantitative estimate of drug-likeness (QED) is 0.826. The molecule has 0 bridgehead atoms. The summed E-state index contributed by atoms with van der Waals surface area (Å²) in [4.78, 5) is 2.80. The summed E-state index contributed by atoms with van der Waals surface area (Å²) in [6, 6.07) is 1.48. The van der Waals surface area contributed by atoms with E-state index >= 15 is 0 Å². The highest BCUT2D eigenvalue weighted by Crippen LogP contribution is 2.41. The molecule has 3 heteroatoms. The van der Waals surface area contributed by atoms with Crippen LogP contribution in [0.4, 0.5) is 0 Å². The van der Waals surface area contributed by atoms with Crippen LogP contribution in [0.25, 0.3) is 0 Å². The normalized spacial score (nSPS) is 32.8. The van der Waals surface area contributed by atoms with Gasteiger partial charge in [0.25, 0.3) is 0 Å². The Bertz CT molecular complexity index is 251. The van der Waals surface area contributed by atoms with Gasteiger partial charge in [0.05, 0.1) is 0 Å². The van der Waals surface area contributed by atoms with Gasteiger partial charge in [0.1, 0.15) is 0 Å². The van der Waals surface area contributed by atoms with Crippen molar-refractivity contribution in [2.45, 2.75) is 69.2 Å². The lowest BCUT2D eigenvalue weighted by Crippen LogP contribution is -2.58. The molecule has 1 saturated heterocycles. The molecule has 0 aromatic heterocycles. The van der Waals surface area contributed by atoms with E-state index in [2.05, 4.69) is 42.1 Å². The smallest absolute Gasteiger partial charge is 0.0284 e. The Morgan fingerprint density at radius 2 is 1.94 bits per heavy atom. The molecule has 1 heterocycles. The summed E-state index contributed by atoms with van der Waals surface area (Å²) in [6.45, 7) is 8.43. The zero-order chi connectivity index (χ0) is 13.0. The lowest BCUT2D eigenvalue weighted by Gasteiger charge is -2.44. The molecule has 0 aromatic rings. The topological polar surface area (TPSA) is 15.3 Å². The minimum absolute atomic E-state index is 0.572. The van der Waals surface area contributed by atoms with Gasteiger partial charge in [-0.15, -0.1) is 0 Å². The fourth-order valence-electron chi connectivity index (χ4n) is 3.61. The van der Waals surface area contributed by atoms with Crippen molar-refractivity contribution in [3.8, 4) is 0 Å². The zero-order valence-electron chi connectivity index (χ0n) is 12.4. The van der Waals surface area contributed by atoms with E-state index in [1.165, 1.54) is 58.2 Å². The van der Waals surface area contributed by atoms with E-state index in [1.807, 2.05) is 0 Å². The van der Waals surface area contributed by atoms with E-state index < -0.39 is 0 Å². The molecule has 0 aromatic carbocycles. The summed E-state index contributed by atoms with van der Waals surface area (Å²) >= 11 is 2.13. The predicted octanol–water partition coefficient (Wildman–Crippen LogP) is 3.12. The van der Waals surface area contributed by atoms with Gasteiger partial charge in [0.2, 0.25) is 0 Å². The van der Waals surface area contributed by atoms with Gasteiger partial charge in [-0.1, -0.05) is 26.7 Å². The molecule has 2 atom stereocenters. The fraction of sp³-hybridized carbons (Fsp3) is 1.00. The highest BCUT2D eigenvalue weighted by atomic mass is 32.2. The lowest BCUT2D eigenvalue weighted by molar-refractivity contribution is 0.113. The van der Waals surface area contributed by atoms with Gasteiger partial charge < -0.3 is 5.32 Å². The number of nitrogens with zero attached hydrogens (tertiary/aromatic N) is 1. The van der Waals surface area contributed by atoms with Gasteiger partial charge in [-0.25, -0.2) is 0 Å². The van der Waals surface area contributed by atoms with Gasteiger partial charge in [-0.3, -0.25) is 4.90 Å². The minimum Gasteiger partial charge on any atom is -0.311 e. The summed E-state index contributed by atoms with van der Waals surface area (Å²) in [5, 5.41) is 3.71. The molecule has 2 fully saturated rings. The van der Waals surface area contributed by atoms with E-state index in [9.17, 15) is 0 Å². The third-order valence-electron chi connectivity index (χ3n) is 5.02. The number of nitrogens with one attached hydrogen (secondary N) is 1. The van der Waals surface area contributed by atoms with Crippen LogP contribution in [0.5, 0.6) is 0 Å².